The molecule has 2 atom stereocenters. The predicted octanol–water partition coefficient (Wildman–Crippen LogP) is 5.15. The maximum absolute atomic E-state index is 3.96. The lowest BCUT2D eigenvalue weighted by Gasteiger charge is -2.24. The Labute approximate surface area is 130 Å². The molecule has 0 amide bonds. The Bertz CT molecular complexity index is 633. The lowest BCUT2D eigenvalue weighted by Crippen LogP contribution is -2.19. The summed E-state index contributed by atoms with van der Waals surface area (Å²) in [4.78, 5) is 0. The Hall–Kier alpha value is -0.600. The number of halogens is 2. The summed E-state index contributed by atoms with van der Waals surface area (Å²) in [6, 6.07) is 19.8. The zero-order valence-electron chi connectivity index (χ0n) is 10.4. The van der Waals surface area contributed by atoms with Crippen molar-refractivity contribution in [2.45, 2.75) is 27.4 Å². The maximum atomic E-state index is 3.96. The molecular weight excluding hydrogens is 364 g/mol. The largest absolute Gasteiger partial charge is 0.0985 e. The van der Waals surface area contributed by atoms with E-state index in [9.17, 15) is 0 Å². The molecule has 0 heterocycles. The summed E-state index contributed by atoms with van der Waals surface area (Å²) >= 11 is 7.92. The molecule has 0 aromatic heterocycles. The fourth-order valence-electron chi connectivity index (χ4n) is 3.84. The number of aryl methyl sites for hydroxylation is 1. The van der Waals surface area contributed by atoms with Crippen molar-refractivity contribution in [2.75, 3.05) is 0 Å². The molecule has 0 spiro atoms. The molecule has 0 radical (unpaired) electrons. The summed E-state index contributed by atoms with van der Waals surface area (Å²) in [5.74, 6) is 0.535. The molecule has 2 aliphatic carbocycles. The minimum absolute atomic E-state index is 0.0148. The van der Waals surface area contributed by atoms with Crippen LogP contribution in [0.5, 0.6) is 0 Å². The van der Waals surface area contributed by atoms with E-state index in [0.717, 1.165) is 0 Å². The van der Waals surface area contributed by atoms with Crippen LogP contribution >= 0.6 is 31.9 Å². The van der Waals surface area contributed by atoms with Gasteiger partial charge in [0.2, 0.25) is 0 Å². The van der Waals surface area contributed by atoms with Gasteiger partial charge < -0.3 is 0 Å². The van der Waals surface area contributed by atoms with Gasteiger partial charge in [-0.15, -0.1) is 0 Å². The van der Waals surface area contributed by atoms with Gasteiger partial charge in [-0.3, -0.25) is 0 Å². The summed E-state index contributed by atoms with van der Waals surface area (Å²) in [5, 5.41) is 0. The van der Waals surface area contributed by atoms with Crippen LogP contribution in [-0.4, -0.2) is 3.23 Å². The van der Waals surface area contributed by atoms with Gasteiger partial charge in [0, 0.05) is 11.3 Å². The van der Waals surface area contributed by atoms with Gasteiger partial charge in [-0.1, -0.05) is 86.5 Å². The Balaban J connectivity index is 1.89. The molecule has 0 N–H and O–H groups in total. The van der Waals surface area contributed by atoms with E-state index in [4.69, 9.17) is 0 Å². The second-order valence-corrected chi connectivity index (χ2v) is 9.16. The van der Waals surface area contributed by atoms with Crippen LogP contribution < -0.4 is 0 Å². The van der Waals surface area contributed by atoms with Gasteiger partial charge in [0.15, 0.2) is 0 Å². The van der Waals surface area contributed by atoms with Gasteiger partial charge in [0.25, 0.3) is 0 Å². The van der Waals surface area contributed by atoms with E-state index in [0.29, 0.717) is 5.92 Å². The molecule has 1 fully saturated rings. The number of hydrogen-bond donors (Lipinski definition) is 0. The lowest BCUT2D eigenvalue weighted by atomic mass is 9.79. The third-order valence-electron chi connectivity index (χ3n) is 4.81. The Morgan fingerprint density at radius 2 is 1.58 bits per heavy atom. The van der Waals surface area contributed by atoms with Gasteiger partial charge in [-0.2, -0.15) is 0 Å². The highest BCUT2D eigenvalue weighted by Gasteiger charge is 2.76. The topological polar surface area (TPSA) is 0 Å². The highest BCUT2D eigenvalue weighted by Crippen LogP contribution is 2.79. The monoisotopic (exact) mass is 376 g/mol. The van der Waals surface area contributed by atoms with E-state index >= 15 is 0 Å². The Morgan fingerprint density at radius 1 is 0.895 bits per heavy atom. The molecule has 2 aromatic carbocycles. The first-order chi connectivity index (χ1) is 9.18. The van der Waals surface area contributed by atoms with Crippen LogP contribution in [0.2, 0.25) is 0 Å². The number of rotatable bonds is 1. The number of benzene rings is 2. The van der Waals surface area contributed by atoms with Gasteiger partial charge in [0.05, 0.1) is 3.23 Å². The highest BCUT2D eigenvalue weighted by atomic mass is 79.9. The van der Waals surface area contributed by atoms with Crippen molar-refractivity contribution in [3.63, 3.8) is 0 Å². The van der Waals surface area contributed by atoms with Crippen molar-refractivity contribution in [1.82, 2.24) is 0 Å². The molecule has 96 valence electrons. The zero-order valence-corrected chi connectivity index (χ0v) is 13.6. The second-order valence-electron chi connectivity index (χ2n) is 5.59. The minimum atomic E-state index is 0.0148. The van der Waals surface area contributed by atoms with Gasteiger partial charge in [0.1, 0.15) is 0 Å². The number of alkyl halides is 2. The van der Waals surface area contributed by atoms with Crippen molar-refractivity contribution in [1.29, 1.82) is 0 Å². The molecule has 2 aliphatic rings. The maximum Gasteiger partial charge on any atom is 0.0985 e. The van der Waals surface area contributed by atoms with Gasteiger partial charge in [-0.25, -0.2) is 0 Å². The third kappa shape index (κ3) is 1.45. The minimum Gasteiger partial charge on any atom is -0.0710 e. The quantitative estimate of drug-likeness (QED) is 0.602. The molecule has 4 rings (SSSR count). The summed E-state index contributed by atoms with van der Waals surface area (Å²) in [7, 11) is 0. The van der Waals surface area contributed by atoms with E-state index in [1.54, 1.807) is 0 Å². The summed E-state index contributed by atoms with van der Waals surface area (Å²) < 4.78 is 0.0148. The fraction of sp³-hybridized carbons (Fsp3) is 0.294. The summed E-state index contributed by atoms with van der Waals surface area (Å²) in [6.07, 6.45) is 2.37. The zero-order chi connectivity index (χ0) is 13.1. The van der Waals surface area contributed by atoms with Crippen LogP contribution in [0, 0.1) is 0 Å². The lowest BCUT2D eigenvalue weighted by molar-refractivity contribution is 0.571. The first-order valence-corrected chi connectivity index (χ1v) is 8.28. The Morgan fingerprint density at radius 3 is 2.37 bits per heavy atom. The van der Waals surface area contributed by atoms with Crippen LogP contribution in [0.3, 0.4) is 0 Å². The van der Waals surface area contributed by atoms with E-state index in [2.05, 4.69) is 86.5 Å². The molecule has 2 unspecified atom stereocenters. The first-order valence-electron chi connectivity index (χ1n) is 6.69. The van der Waals surface area contributed by atoms with E-state index in [1.165, 1.54) is 29.5 Å². The van der Waals surface area contributed by atoms with Crippen molar-refractivity contribution in [3.8, 4) is 0 Å². The third-order valence-corrected chi connectivity index (χ3v) is 7.14. The summed E-state index contributed by atoms with van der Waals surface area (Å²) in [5.41, 5.74) is 4.68. The van der Waals surface area contributed by atoms with Crippen LogP contribution in [0.25, 0.3) is 0 Å². The highest BCUT2D eigenvalue weighted by molar-refractivity contribution is 9.25. The standard InChI is InChI=1S/C17H14Br2/c18-17(19)15-14-9-5-4-6-12(14)10-11-16(15,17)13-7-2-1-3-8-13/h1-9,15H,10-11H2. The fourth-order valence-corrected chi connectivity index (χ4v) is 6.20. The molecular formula is C17H14Br2. The van der Waals surface area contributed by atoms with E-state index in [1.807, 2.05) is 0 Å². The average Bonchev–Trinajstić information content (AvgIpc) is 2.98. The van der Waals surface area contributed by atoms with Gasteiger partial charge in [-0.05, 0) is 29.5 Å². The van der Waals surface area contributed by atoms with Gasteiger partial charge >= 0.3 is 0 Å². The van der Waals surface area contributed by atoms with Crippen molar-refractivity contribution in [3.05, 3.63) is 71.3 Å². The molecule has 1 saturated carbocycles. The molecule has 0 saturated heterocycles. The van der Waals surface area contributed by atoms with Crippen LogP contribution in [-0.2, 0) is 11.8 Å². The van der Waals surface area contributed by atoms with Crippen LogP contribution in [0.4, 0.5) is 0 Å². The molecule has 0 bridgehead atoms. The molecule has 0 aliphatic heterocycles. The SMILES string of the molecule is BrC1(Br)C2c3ccccc3CCC21c1ccccc1. The molecule has 2 aromatic rings. The van der Waals surface area contributed by atoms with Crippen molar-refractivity contribution in [2.24, 2.45) is 0 Å². The van der Waals surface area contributed by atoms with E-state index in [-0.39, 0.29) is 8.65 Å². The first kappa shape index (κ1) is 12.2. The van der Waals surface area contributed by atoms with Crippen LogP contribution in [0.15, 0.2) is 54.6 Å². The smallest absolute Gasteiger partial charge is 0.0710 e. The number of fused-ring (bicyclic) bond motifs is 3. The predicted molar refractivity (Wildman–Crippen MR) is 86.2 cm³/mol. The van der Waals surface area contributed by atoms with Crippen molar-refractivity contribution >= 4 is 31.9 Å². The second kappa shape index (κ2) is 3.95. The van der Waals surface area contributed by atoms with Crippen molar-refractivity contribution < 1.29 is 0 Å². The molecule has 19 heavy (non-hydrogen) atoms. The number of hydrogen-bond acceptors (Lipinski definition) is 0. The molecule has 2 heteroatoms. The normalized spacial score (nSPS) is 30.3. The summed E-state index contributed by atoms with van der Waals surface area (Å²) in [6.45, 7) is 0. The van der Waals surface area contributed by atoms with Crippen LogP contribution in [0.1, 0.15) is 29.0 Å². The molecule has 0 nitrogen and oxygen atoms in total. The average molecular weight is 378 g/mol. The Kier molecular flexibility index (Phi) is 2.53. The van der Waals surface area contributed by atoms with E-state index < -0.39 is 0 Å².